The summed E-state index contributed by atoms with van der Waals surface area (Å²) in [7, 11) is 0. The Kier molecular flexibility index (Phi) is 3.16. The fourth-order valence-corrected chi connectivity index (χ4v) is 4.25. The molecular formula is C14H10OS3. The molecule has 3 aromatic rings. The molecule has 3 heterocycles. The second-order valence-electron chi connectivity index (χ2n) is 3.93. The molecule has 0 unspecified atom stereocenters. The first-order valence-corrected chi connectivity index (χ1v) is 8.16. The van der Waals surface area contributed by atoms with Gasteiger partial charge in [0.05, 0.1) is 4.88 Å². The van der Waals surface area contributed by atoms with E-state index in [4.69, 9.17) is 0 Å². The SMILES string of the molecule is CC(=O)c1cc(-c2ccsc2)c(-c2ccsc2)s1. The van der Waals surface area contributed by atoms with Gasteiger partial charge in [-0.25, -0.2) is 0 Å². The number of carbonyl (C=O) groups excluding carboxylic acids is 1. The highest BCUT2D eigenvalue weighted by molar-refractivity contribution is 7.18. The van der Waals surface area contributed by atoms with Gasteiger partial charge in [-0.1, -0.05) is 0 Å². The summed E-state index contributed by atoms with van der Waals surface area (Å²) in [5.41, 5.74) is 3.58. The Hall–Kier alpha value is -1.23. The van der Waals surface area contributed by atoms with Crippen LogP contribution in [0.2, 0.25) is 0 Å². The molecule has 0 aliphatic heterocycles. The molecule has 18 heavy (non-hydrogen) atoms. The molecule has 0 N–H and O–H groups in total. The number of carbonyl (C=O) groups is 1. The minimum absolute atomic E-state index is 0.137. The minimum Gasteiger partial charge on any atom is -0.294 e. The van der Waals surface area contributed by atoms with Gasteiger partial charge in [-0.05, 0) is 52.2 Å². The van der Waals surface area contributed by atoms with Crippen LogP contribution in [0.15, 0.2) is 39.7 Å². The third-order valence-electron chi connectivity index (χ3n) is 2.69. The van der Waals surface area contributed by atoms with Crippen molar-refractivity contribution in [2.24, 2.45) is 0 Å². The lowest BCUT2D eigenvalue weighted by molar-refractivity contribution is 0.102. The third kappa shape index (κ3) is 2.07. The second-order valence-corrected chi connectivity index (χ2v) is 6.55. The minimum atomic E-state index is 0.137. The first-order valence-electron chi connectivity index (χ1n) is 5.45. The number of ketones is 1. The first kappa shape index (κ1) is 11.8. The molecular weight excluding hydrogens is 280 g/mol. The van der Waals surface area contributed by atoms with Crippen molar-refractivity contribution in [3.8, 4) is 21.6 Å². The molecule has 3 rings (SSSR count). The van der Waals surface area contributed by atoms with Crippen LogP contribution in [0, 0.1) is 0 Å². The number of rotatable bonds is 3. The van der Waals surface area contributed by atoms with E-state index in [1.54, 1.807) is 40.9 Å². The molecule has 3 aromatic heterocycles. The lowest BCUT2D eigenvalue weighted by Gasteiger charge is -1.98. The van der Waals surface area contributed by atoms with E-state index in [0.717, 1.165) is 4.88 Å². The van der Waals surface area contributed by atoms with Gasteiger partial charge in [0.25, 0.3) is 0 Å². The maximum absolute atomic E-state index is 11.6. The predicted octanol–water partition coefficient (Wildman–Crippen LogP) is 5.41. The van der Waals surface area contributed by atoms with Crippen LogP contribution in [-0.2, 0) is 0 Å². The van der Waals surface area contributed by atoms with Gasteiger partial charge in [-0.15, -0.1) is 11.3 Å². The summed E-state index contributed by atoms with van der Waals surface area (Å²) in [5, 5.41) is 8.39. The second kappa shape index (κ2) is 4.80. The molecule has 90 valence electrons. The average molecular weight is 290 g/mol. The molecule has 0 fully saturated rings. The number of hydrogen-bond acceptors (Lipinski definition) is 4. The summed E-state index contributed by atoms with van der Waals surface area (Å²) in [5.74, 6) is 0.137. The van der Waals surface area contributed by atoms with Crippen LogP contribution in [-0.4, -0.2) is 5.78 Å². The van der Waals surface area contributed by atoms with Gasteiger partial charge in [0.15, 0.2) is 5.78 Å². The van der Waals surface area contributed by atoms with E-state index in [1.807, 2.05) is 6.07 Å². The highest BCUT2D eigenvalue weighted by atomic mass is 32.1. The van der Waals surface area contributed by atoms with Crippen LogP contribution < -0.4 is 0 Å². The molecule has 0 spiro atoms. The van der Waals surface area contributed by atoms with Crippen molar-refractivity contribution < 1.29 is 4.79 Å². The zero-order chi connectivity index (χ0) is 12.5. The van der Waals surface area contributed by atoms with Gasteiger partial charge in [0, 0.05) is 16.0 Å². The van der Waals surface area contributed by atoms with Crippen LogP contribution in [0.4, 0.5) is 0 Å². The summed E-state index contributed by atoms with van der Waals surface area (Å²) in [4.78, 5) is 13.6. The zero-order valence-corrected chi connectivity index (χ0v) is 12.1. The average Bonchev–Trinajstić information content (AvgIpc) is 3.10. The lowest BCUT2D eigenvalue weighted by Crippen LogP contribution is -1.83. The highest BCUT2D eigenvalue weighted by Crippen LogP contribution is 2.40. The summed E-state index contributed by atoms with van der Waals surface area (Å²) in [6.07, 6.45) is 0. The fourth-order valence-electron chi connectivity index (χ4n) is 1.80. The fraction of sp³-hybridized carbons (Fsp3) is 0.0714. The molecule has 0 amide bonds. The Labute approximate surface area is 117 Å². The Bertz CT molecular complexity index is 608. The molecule has 0 aliphatic rings. The molecule has 0 radical (unpaired) electrons. The smallest absolute Gasteiger partial charge is 0.169 e. The molecule has 4 heteroatoms. The van der Waals surface area contributed by atoms with Crippen molar-refractivity contribution in [3.05, 3.63) is 44.6 Å². The van der Waals surface area contributed by atoms with Crippen LogP contribution in [0.5, 0.6) is 0 Å². The first-order chi connectivity index (χ1) is 8.75. The van der Waals surface area contributed by atoms with Gasteiger partial charge < -0.3 is 0 Å². The maximum atomic E-state index is 11.6. The zero-order valence-electron chi connectivity index (χ0n) is 9.67. The van der Waals surface area contributed by atoms with E-state index in [0.29, 0.717) is 0 Å². The van der Waals surface area contributed by atoms with Crippen molar-refractivity contribution in [1.29, 1.82) is 0 Å². The Balaban J connectivity index is 2.20. The molecule has 0 saturated heterocycles. The summed E-state index contributed by atoms with van der Waals surface area (Å²) in [6.45, 7) is 1.63. The van der Waals surface area contributed by atoms with Crippen LogP contribution >= 0.6 is 34.0 Å². The van der Waals surface area contributed by atoms with Crippen LogP contribution in [0.3, 0.4) is 0 Å². The standard InChI is InChI=1S/C14H10OS3/c1-9(15)13-6-12(10-2-4-16-7-10)14(18-13)11-3-5-17-8-11/h2-8H,1H3. The topological polar surface area (TPSA) is 17.1 Å². The predicted molar refractivity (Wildman–Crippen MR) is 80.9 cm³/mol. The van der Waals surface area contributed by atoms with Crippen molar-refractivity contribution in [2.75, 3.05) is 0 Å². The highest BCUT2D eigenvalue weighted by Gasteiger charge is 2.15. The number of Topliss-reactive ketones (excluding diaryl/α,β-unsaturated/α-hetero) is 1. The molecule has 0 saturated carbocycles. The van der Waals surface area contributed by atoms with E-state index in [2.05, 4.69) is 33.7 Å². The Morgan fingerprint density at radius 3 is 2.28 bits per heavy atom. The normalized spacial score (nSPS) is 10.7. The third-order valence-corrected chi connectivity index (χ3v) is 5.35. The van der Waals surface area contributed by atoms with E-state index >= 15 is 0 Å². The Morgan fingerprint density at radius 1 is 1.06 bits per heavy atom. The monoisotopic (exact) mass is 290 g/mol. The maximum Gasteiger partial charge on any atom is 0.169 e. The number of hydrogen-bond donors (Lipinski definition) is 0. The van der Waals surface area contributed by atoms with E-state index in [-0.39, 0.29) is 5.78 Å². The molecule has 1 nitrogen and oxygen atoms in total. The number of thiophene rings is 3. The molecule has 0 bridgehead atoms. The van der Waals surface area contributed by atoms with Gasteiger partial charge >= 0.3 is 0 Å². The molecule has 0 aromatic carbocycles. The molecule has 0 atom stereocenters. The van der Waals surface area contributed by atoms with E-state index in [9.17, 15) is 4.79 Å². The quantitative estimate of drug-likeness (QED) is 0.590. The van der Waals surface area contributed by atoms with Gasteiger partial charge in [-0.2, -0.15) is 22.7 Å². The van der Waals surface area contributed by atoms with Gasteiger partial charge in [0.2, 0.25) is 0 Å². The van der Waals surface area contributed by atoms with Crippen molar-refractivity contribution in [1.82, 2.24) is 0 Å². The van der Waals surface area contributed by atoms with E-state index in [1.165, 1.54) is 21.6 Å². The lowest BCUT2D eigenvalue weighted by atomic mass is 10.1. The summed E-state index contributed by atoms with van der Waals surface area (Å²) >= 11 is 4.95. The van der Waals surface area contributed by atoms with E-state index < -0.39 is 0 Å². The summed E-state index contributed by atoms with van der Waals surface area (Å²) in [6, 6.07) is 6.23. The molecule has 0 aliphatic carbocycles. The van der Waals surface area contributed by atoms with Gasteiger partial charge in [-0.3, -0.25) is 4.79 Å². The van der Waals surface area contributed by atoms with Crippen molar-refractivity contribution >= 4 is 39.8 Å². The van der Waals surface area contributed by atoms with Gasteiger partial charge in [0.1, 0.15) is 0 Å². The largest absolute Gasteiger partial charge is 0.294 e. The van der Waals surface area contributed by atoms with Crippen LogP contribution in [0.1, 0.15) is 16.6 Å². The van der Waals surface area contributed by atoms with Crippen molar-refractivity contribution in [2.45, 2.75) is 6.92 Å². The van der Waals surface area contributed by atoms with Crippen molar-refractivity contribution in [3.63, 3.8) is 0 Å². The Morgan fingerprint density at radius 2 is 1.72 bits per heavy atom. The van der Waals surface area contributed by atoms with Crippen LogP contribution in [0.25, 0.3) is 21.6 Å². The summed E-state index contributed by atoms with van der Waals surface area (Å²) < 4.78 is 0.